The highest BCUT2D eigenvalue weighted by molar-refractivity contribution is 6.04. The third-order valence-corrected chi connectivity index (χ3v) is 4.60. The number of nitrogens with one attached hydrogen (secondary N) is 1. The highest BCUT2D eigenvalue weighted by Gasteiger charge is 2.37. The van der Waals surface area contributed by atoms with Gasteiger partial charge in [-0.3, -0.25) is 4.79 Å². The van der Waals surface area contributed by atoms with E-state index in [9.17, 15) is 31.1 Å². The van der Waals surface area contributed by atoms with E-state index in [2.05, 4.69) is 15.2 Å². The number of halogens is 6. The monoisotopic (exact) mass is 417 g/mol. The van der Waals surface area contributed by atoms with E-state index in [-0.39, 0.29) is 11.8 Å². The van der Waals surface area contributed by atoms with Crippen LogP contribution in [-0.2, 0) is 12.4 Å². The van der Waals surface area contributed by atoms with Crippen LogP contribution in [0.25, 0.3) is 0 Å². The van der Waals surface area contributed by atoms with Gasteiger partial charge in [-0.2, -0.15) is 26.3 Å². The molecule has 0 radical (unpaired) electrons. The third kappa shape index (κ3) is 4.80. The Bertz CT molecular complexity index is 885. The quantitative estimate of drug-likeness (QED) is 0.692. The van der Waals surface area contributed by atoms with Gasteiger partial charge in [0.1, 0.15) is 5.82 Å². The van der Waals surface area contributed by atoms with Gasteiger partial charge in [-0.15, -0.1) is 0 Å². The van der Waals surface area contributed by atoms with Crippen LogP contribution in [0.5, 0.6) is 0 Å². The first-order valence-electron chi connectivity index (χ1n) is 8.78. The average molecular weight is 417 g/mol. The van der Waals surface area contributed by atoms with Gasteiger partial charge in [-0.25, -0.2) is 4.98 Å². The lowest BCUT2D eigenvalue weighted by Crippen LogP contribution is -2.20. The second-order valence-electron chi connectivity index (χ2n) is 6.75. The van der Waals surface area contributed by atoms with Gasteiger partial charge in [-0.05, 0) is 50.1 Å². The SMILES string of the molecule is Cc1nc(N2CCCC2)ccc1NC(=O)c1cc(C(F)(F)F)cc(C(F)(F)F)c1. The maximum atomic E-state index is 13.0. The predicted octanol–water partition coefficient (Wildman–Crippen LogP) is 5.28. The molecule has 29 heavy (non-hydrogen) atoms. The smallest absolute Gasteiger partial charge is 0.357 e. The van der Waals surface area contributed by atoms with E-state index in [1.165, 1.54) is 6.07 Å². The number of carbonyl (C=O) groups excluding carboxylic acids is 1. The van der Waals surface area contributed by atoms with Gasteiger partial charge in [0.05, 0.1) is 22.5 Å². The second kappa shape index (κ2) is 7.57. The zero-order valence-corrected chi connectivity index (χ0v) is 15.3. The van der Waals surface area contributed by atoms with E-state index >= 15 is 0 Å². The van der Waals surface area contributed by atoms with E-state index in [0.717, 1.165) is 25.9 Å². The number of hydrogen-bond acceptors (Lipinski definition) is 3. The first-order valence-corrected chi connectivity index (χ1v) is 8.78. The molecule has 2 aromatic rings. The number of aryl methyl sites for hydroxylation is 1. The molecule has 0 atom stereocenters. The molecule has 1 amide bonds. The highest BCUT2D eigenvalue weighted by atomic mass is 19.4. The molecule has 3 rings (SSSR count). The molecule has 1 fully saturated rings. The first-order chi connectivity index (χ1) is 13.4. The van der Waals surface area contributed by atoms with Gasteiger partial charge in [0.15, 0.2) is 0 Å². The molecule has 1 aromatic heterocycles. The molecular formula is C19H17F6N3O. The van der Waals surface area contributed by atoms with Crippen LogP contribution in [0.3, 0.4) is 0 Å². The summed E-state index contributed by atoms with van der Waals surface area (Å²) in [5.41, 5.74) is -3.21. The van der Waals surface area contributed by atoms with Crippen molar-refractivity contribution >= 4 is 17.4 Å². The molecule has 0 saturated carbocycles. The Hall–Kier alpha value is -2.78. The Labute approximate surface area is 162 Å². The number of amides is 1. The molecule has 0 spiro atoms. The maximum absolute atomic E-state index is 13.0. The number of alkyl halides is 6. The summed E-state index contributed by atoms with van der Waals surface area (Å²) in [6.45, 7) is 3.30. The van der Waals surface area contributed by atoms with Crippen LogP contribution in [0.4, 0.5) is 37.8 Å². The number of aromatic nitrogens is 1. The number of rotatable bonds is 3. The van der Waals surface area contributed by atoms with Gasteiger partial charge < -0.3 is 10.2 Å². The molecule has 1 aliphatic heterocycles. The van der Waals surface area contributed by atoms with E-state index in [1.807, 2.05) is 0 Å². The number of nitrogens with zero attached hydrogens (tertiary/aromatic N) is 2. The summed E-state index contributed by atoms with van der Waals surface area (Å²) >= 11 is 0. The van der Waals surface area contributed by atoms with Crippen LogP contribution in [0.15, 0.2) is 30.3 Å². The Morgan fingerprint density at radius 2 is 1.52 bits per heavy atom. The average Bonchev–Trinajstić information content (AvgIpc) is 3.16. The lowest BCUT2D eigenvalue weighted by atomic mass is 10.0. The van der Waals surface area contributed by atoms with Crippen LogP contribution in [0, 0.1) is 6.92 Å². The number of carbonyl (C=O) groups is 1. The lowest BCUT2D eigenvalue weighted by Gasteiger charge is -2.18. The highest BCUT2D eigenvalue weighted by Crippen LogP contribution is 2.36. The van der Waals surface area contributed by atoms with Crippen molar-refractivity contribution < 1.29 is 31.1 Å². The van der Waals surface area contributed by atoms with Crippen molar-refractivity contribution in [3.8, 4) is 0 Å². The summed E-state index contributed by atoms with van der Waals surface area (Å²) < 4.78 is 77.8. The Kier molecular flexibility index (Phi) is 5.46. The van der Waals surface area contributed by atoms with E-state index in [1.54, 1.807) is 13.0 Å². The Balaban J connectivity index is 1.88. The summed E-state index contributed by atoms with van der Waals surface area (Å²) in [5.74, 6) is -0.378. The van der Waals surface area contributed by atoms with Crippen molar-refractivity contribution in [3.63, 3.8) is 0 Å². The normalized spacial score (nSPS) is 14.9. The van der Waals surface area contributed by atoms with Crippen LogP contribution >= 0.6 is 0 Å². The molecular weight excluding hydrogens is 400 g/mol. The molecule has 156 valence electrons. The fraction of sp³-hybridized carbons (Fsp3) is 0.368. The standard InChI is InChI=1S/C19H17F6N3O/c1-11-15(4-5-16(26-11)28-6-2-3-7-28)27-17(29)12-8-13(18(20,21)22)10-14(9-12)19(23,24)25/h4-5,8-10H,2-3,6-7H2,1H3,(H,27,29). The predicted molar refractivity (Wildman–Crippen MR) is 94.8 cm³/mol. The molecule has 1 N–H and O–H groups in total. The van der Waals surface area contributed by atoms with Gasteiger partial charge in [0, 0.05) is 18.7 Å². The molecule has 1 aromatic carbocycles. The molecule has 0 bridgehead atoms. The minimum absolute atomic E-state index is 0.0194. The Morgan fingerprint density at radius 1 is 0.966 bits per heavy atom. The number of benzene rings is 1. The van der Waals surface area contributed by atoms with Crippen molar-refractivity contribution in [1.29, 1.82) is 0 Å². The summed E-state index contributed by atoms with van der Waals surface area (Å²) in [6.07, 6.45) is -7.97. The molecule has 0 unspecified atom stereocenters. The van der Waals surface area contributed by atoms with Crippen molar-refractivity contribution in [3.05, 3.63) is 52.7 Å². The molecule has 10 heteroatoms. The van der Waals surface area contributed by atoms with Crippen LogP contribution in [0.2, 0.25) is 0 Å². The maximum Gasteiger partial charge on any atom is 0.416 e. The molecule has 1 aliphatic rings. The van der Waals surface area contributed by atoms with E-state index in [0.29, 0.717) is 23.6 Å². The van der Waals surface area contributed by atoms with Crippen molar-refractivity contribution in [2.24, 2.45) is 0 Å². The van der Waals surface area contributed by atoms with Crippen molar-refractivity contribution in [2.45, 2.75) is 32.1 Å². The Morgan fingerprint density at radius 3 is 2.00 bits per heavy atom. The zero-order chi connectivity index (χ0) is 21.4. The minimum Gasteiger partial charge on any atom is -0.357 e. The van der Waals surface area contributed by atoms with E-state index < -0.39 is 35.0 Å². The van der Waals surface area contributed by atoms with Gasteiger partial charge in [0.2, 0.25) is 0 Å². The second-order valence-corrected chi connectivity index (χ2v) is 6.75. The number of anilines is 2. The minimum atomic E-state index is -5.02. The number of hydrogen-bond donors (Lipinski definition) is 1. The molecule has 4 nitrogen and oxygen atoms in total. The summed E-state index contributed by atoms with van der Waals surface area (Å²) in [4.78, 5) is 18.8. The van der Waals surface area contributed by atoms with Crippen molar-refractivity contribution in [2.75, 3.05) is 23.3 Å². The van der Waals surface area contributed by atoms with Crippen molar-refractivity contribution in [1.82, 2.24) is 4.98 Å². The third-order valence-electron chi connectivity index (χ3n) is 4.60. The summed E-state index contributed by atoms with van der Waals surface area (Å²) in [5, 5.41) is 2.35. The van der Waals surface area contributed by atoms with Gasteiger partial charge in [-0.1, -0.05) is 0 Å². The first kappa shape index (κ1) is 20.9. The summed E-state index contributed by atoms with van der Waals surface area (Å²) in [7, 11) is 0. The number of pyridine rings is 1. The molecule has 1 saturated heterocycles. The topological polar surface area (TPSA) is 45.2 Å². The largest absolute Gasteiger partial charge is 0.416 e. The van der Waals surface area contributed by atoms with Crippen LogP contribution in [-0.4, -0.2) is 24.0 Å². The van der Waals surface area contributed by atoms with Gasteiger partial charge >= 0.3 is 12.4 Å². The van der Waals surface area contributed by atoms with Gasteiger partial charge in [0.25, 0.3) is 5.91 Å². The van der Waals surface area contributed by atoms with Crippen LogP contribution < -0.4 is 10.2 Å². The fourth-order valence-corrected chi connectivity index (χ4v) is 3.08. The molecule has 2 heterocycles. The van der Waals surface area contributed by atoms with E-state index in [4.69, 9.17) is 0 Å². The zero-order valence-electron chi connectivity index (χ0n) is 15.3. The summed E-state index contributed by atoms with van der Waals surface area (Å²) in [6, 6.07) is 3.96. The fourth-order valence-electron chi connectivity index (χ4n) is 3.08. The van der Waals surface area contributed by atoms with Crippen LogP contribution in [0.1, 0.15) is 40.0 Å². The molecule has 0 aliphatic carbocycles. The lowest BCUT2D eigenvalue weighted by molar-refractivity contribution is -0.143.